The number of aliphatic hydroxyl groups excluding tert-OH is 1. The van der Waals surface area contributed by atoms with Gasteiger partial charge in [-0.2, -0.15) is 0 Å². The summed E-state index contributed by atoms with van der Waals surface area (Å²) < 4.78 is 18.1. The largest absolute Gasteiger partial charge is 0.445 e. The lowest BCUT2D eigenvalue weighted by Crippen LogP contribution is -2.31. The molecule has 2 heterocycles. The number of alkyl carbamates (subject to hydrolysis) is 1. The Balaban J connectivity index is 1.34. The van der Waals surface area contributed by atoms with Gasteiger partial charge in [0.05, 0.1) is 23.8 Å². The van der Waals surface area contributed by atoms with Crippen molar-refractivity contribution in [3.63, 3.8) is 0 Å². The lowest BCUT2D eigenvalue weighted by molar-refractivity contribution is -0.245. The molecule has 1 aliphatic heterocycles. The monoisotopic (exact) mass is 582 g/mol. The number of aromatic nitrogens is 1. The third-order valence-corrected chi connectivity index (χ3v) is 7.93. The zero-order chi connectivity index (χ0) is 29.1. The molecule has 1 saturated heterocycles. The van der Waals surface area contributed by atoms with Crippen molar-refractivity contribution in [3.8, 4) is 11.1 Å². The predicted octanol–water partition coefficient (Wildman–Crippen LogP) is 6.99. The van der Waals surface area contributed by atoms with E-state index < -0.39 is 12.4 Å². The van der Waals surface area contributed by atoms with Crippen molar-refractivity contribution in [2.45, 2.75) is 43.1 Å². The van der Waals surface area contributed by atoms with Gasteiger partial charge in [-0.15, -0.1) is 11.8 Å². The minimum atomic E-state index is -0.556. The fraction of sp³-hybridized carbons (Fsp3) is 0.235. The summed E-state index contributed by atoms with van der Waals surface area (Å²) in [5.74, 6) is 0.742. The van der Waals surface area contributed by atoms with E-state index >= 15 is 0 Å². The van der Waals surface area contributed by atoms with Crippen LogP contribution in [0.2, 0.25) is 0 Å². The van der Waals surface area contributed by atoms with E-state index in [2.05, 4.69) is 29.0 Å². The van der Waals surface area contributed by atoms with Crippen molar-refractivity contribution in [1.82, 2.24) is 10.3 Å². The molecule has 1 fully saturated rings. The van der Waals surface area contributed by atoms with Crippen LogP contribution in [0.5, 0.6) is 0 Å². The number of carbonyl (C=O) groups excluding carboxylic acids is 1. The van der Waals surface area contributed by atoms with E-state index in [9.17, 15) is 9.90 Å². The van der Waals surface area contributed by atoms with E-state index in [0.717, 1.165) is 44.2 Å². The number of nitrogens with one attached hydrogen (secondary N) is 1. The number of hydrogen-bond donors (Lipinski definition) is 2. The highest BCUT2D eigenvalue weighted by Crippen LogP contribution is 2.40. The highest BCUT2D eigenvalue weighted by atomic mass is 32.2. The molecule has 2 N–H and O–H groups in total. The van der Waals surface area contributed by atoms with Crippen molar-refractivity contribution >= 4 is 17.9 Å². The van der Waals surface area contributed by atoms with Gasteiger partial charge in [0, 0.05) is 30.5 Å². The average Bonchev–Trinajstić information content (AvgIpc) is 3.06. The van der Waals surface area contributed by atoms with E-state index in [4.69, 9.17) is 14.2 Å². The Morgan fingerprint density at radius 2 is 1.79 bits per heavy atom. The molecule has 3 atom stereocenters. The number of pyridine rings is 1. The Morgan fingerprint density at radius 3 is 2.55 bits per heavy atom. The number of benzene rings is 3. The first-order valence-corrected chi connectivity index (χ1v) is 14.8. The number of ether oxygens (including phenoxy) is 3. The molecule has 216 valence electrons. The second-order valence-corrected chi connectivity index (χ2v) is 10.9. The van der Waals surface area contributed by atoms with Crippen LogP contribution in [0.1, 0.15) is 41.1 Å². The van der Waals surface area contributed by atoms with Crippen molar-refractivity contribution in [2.75, 3.05) is 12.4 Å². The van der Waals surface area contributed by atoms with Crippen LogP contribution >= 0.6 is 11.8 Å². The summed E-state index contributed by atoms with van der Waals surface area (Å²) in [4.78, 5) is 16.3. The van der Waals surface area contributed by atoms with Gasteiger partial charge in [0.2, 0.25) is 0 Å². The van der Waals surface area contributed by atoms with E-state index in [1.807, 2.05) is 78.9 Å². The van der Waals surface area contributed by atoms with Crippen LogP contribution in [0.4, 0.5) is 4.79 Å². The minimum Gasteiger partial charge on any atom is -0.445 e. The average molecular weight is 583 g/mol. The third-order valence-electron chi connectivity index (χ3n) is 6.86. The molecule has 1 aromatic heterocycles. The second-order valence-electron chi connectivity index (χ2n) is 9.90. The standard InChI is InChI=1S/C34H34N2O5S/c1-2-17-39-34(38)36-21-25-7-5-8-27(18-25)28-9-6-10-29(19-28)33-40-30(23-42-32-11-3-4-16-35-32)20-31(41-33)26-14-12-24(22-37)13-15-26/h2-16,18-19,30-31,33,37H,1,17,20-23H2,(H,36,38)/t30-,31+,33+/m1/s1. The van der Waals surface area contributed by atoms with E-state index in [1.165, 1.54) is 6.08 Å². The Bertz CT molecular complexity index is 1460. The number of carbonyl (C=O) groups is 1. The molecule has 0 aliphatic carbocycles. The summed E-state index contributed by atoms with van der Waals surface area (Å²) in [5, 5.41) is 13.2. The number of amides is 1. The summed E-state index contributed by atoms with van der Waals surface area (Å²) in [6.07, 6.45) is 2.78. The molecule has 4 aromatic rings. The first kappa shape index (κ1) is 29.5. The fourth-order valence-corrected chi connectivity index (χ4v) is 5.60. The predicted molar refractivity (Wildman–Crippen MR) is 164 cm³/mol. The maximum Gasteiger partial charge on any atom is 0.407 e. The first-order valence-electron chi connectivity index (χ1n) is 13.9. The molecule has 5 rings (SSSR count). The summed E-state index contributed by atoms with van der Waals surface area (Å²) in [6, 6.07) is 30.0. The lowest BCUT2D eigenvalue weighted by atomic mass is 9.99. The highest BCUT2D eigenvalue weighted by Gasteiger charge is 2.32. The SMILES string of the molecule is C=CCOC(=O)NCc1cccc(-c2cccc([C@H]3O[C@@H](CSc4ccccn4)C[C@@H](c4ccc(CO)cc4)O3)c2)c1. The molecule has 7 nitrogen and oxygen atoms in total. The minimum absolute atomic E-state index is 0.00430. The van der Waals surface area contributed by atoms with Gasteiger partial charge in [0.15, 0.2) is 6.29 Å². The Kier molecular flexibility index (Phi) is 10.4. The summed E-state index contributed by atoms with van der Waals surface area (Å²) in [7, 11) is 0. The van der Waals surface area contributed by atoms with Crippen LogP contribution in [-0.4, -0.2) is 34.6 Å². The van der Waals surface area contributed by atoms with Crippen LogP contribution in [-0.2, 0) is 27.4 Å². The smallest absolute Gasteiger partial charge is 0.407 e. The quantitative estimate of drug-likeness (QED) is 0.146. The molecule has 0 spiro atoms. The number of aliphatic hydroxyl groups is 1. The maximum atomic E-state index is 11.8. The molecule has 1 aliphatic rings. The first-order chi connectivity index (χ1) is 20.6. The third kappa shape index (κ3) is 8.08. The Labute approximate surface area is 250 Å². The summed E-state index contributed by atoms with van der Waals surface area (Å²) in [6.45, 7) is 4.08. The van der Waals surface area contributed by atoms with Gasteiger partial charge in [-0.05, 0) is 52.1 Å². The molecule has 8 heteroatoms. The molecule has 0 unspecified atom stereocenters. The van der Waals surface area contributed by atoms with Crippen molar-refractivity contribution in [2.24, 2.45) is 0 Å². The zero-order valence-corrected chi connectivity index (χ0v) is 24.0. The van der Waals surface area contributed by atoms with Gasteiger partial charge in [0.1, 0.15) is 6.61 Å². The second kappa shape index (κ2) is 14.8. The number of thioether (sulfide) groups is 1. The highest BCUT2D eigenvalue weighted by molar-refractivity contribution is 7.99. The van der Waals surface area contributed by atoms with Gasteiger partial charge in [0.25, 0.3) is 0 Å². The van der Waals surface area contributed by atoms with Gasteiger partial charge in [-0.3, -0.25) is 0 Å². The lowest BCUT2D eigenvalue weighted by Gasteiger charge is -2.36. The maximum absolute atomic E-state index is 11.8. The molecular formula is C34H34N2O5S. The molecule has 0 radical (unpaired) electrons. The van der Waals surface area contributed by atoms with Gasteiger partial charge in [-0.1, -0.05) is 79.4 Å². The Hall–Kier alpha value is -3.95. The van der Waals surface area contributed by atoms with Crippen molar-refractivity contribution in [3.05, 3.63) is 132 Å². The van der Waals surface area contributed by atoms with Crippen molar-refractivity contribution < 1.29 is 24.1 Å². The van der Waals surface area contributed by atoms with Crippen LogP contribution in [0.25, 0.3) is 11.1 Å². The molecule has 3 aromatic carbocycles. The molecular weight excluding hydrogens is 548 g/mol. The van der Waals surface area contributed by atoms with Crippen LogP contribution in [0.3, 0.4) is 0 Å². The van der Waals surface area contributed by atoms with Gasteiger partial charge in [-0.25, -0.2) is 9.78 Å². The molecule has 0 saturated carbocycles. The van der Waals surface area contributed by atoms with Gasteiger partial charge >= 0.3 is 6.09 Å². The molecule has 42 heavy (non-hydrogen) atoms. The van der Waals surface area contributed by atoms with Crippen LogP contribution in [0.15, 0.2) is 115 Å². The van der Waals surface area contributed by atoms with Crippen molar-refractivity contribution in [1.29, 1.82) is 0 Å². The van der Waals surface area contributed by atoms with E-state index in [-0.39, 0.29) is 25.4 Å². The normalized spacial score (nSPS) is 18.3. The molecule has 0 bridgehead atoms. The van der Waals surface area contributed by atoms with E-state index in [1.54, 1.807) is 18.0 Å². The summed E-state index contributed by atoms with van der Waals surface area (Å²) in [5.41, 5.74) is 5.83. The number of rotatable bonds is 11. The summed E-state index contributed by atoms with van der Waals surface area (Å²) >= 11 is 1.67. The number of hydrogen-bond acceptors (Lipinski definition) is 7. The Morgan fingerprint density at radius 1 is 0.976 bits per heavy atom. The van der Waals surface area contributed by atoms with Crippen LogP contribution < -0.4 is 5.32 Å². The van der Waals surface area contributed by atoms with E-state index in [0.29, 0.717) is 13.0 Å². The van der Waals surface area contributed by atoms with Crippen LogP contribution in [0, 0.1) is 0 Å². The zero-order valence-electron chi connectivity index (χ0n) is 23.2. The van der Waals surface area contributed by atoms with Gasteiger partial charge < -0.3 is 24.6 Å². The topological polar surface area (TPSA) is 89.9 Å². The fourth-order valence-electron chi connectivity index (χ4n) is 4.72. The number of nitrogens with zero attached hydrogens (tertiary/aromatic N) is 1. The molecule has 1 amide bonds.